The summed E-state index contributed by atoms with van der Waals surface area (Å²) in [6.45, 7) is 8.13. The zero-order valence-electron chi connectivity index (χ0n) is 17.1. The first kappa shape index (κ1) is 20.5. The average molecular weight is 397 g/mol. The Kier molecular flexibility index (Phi) is 6.94. The molecule has 3 rings (SSSR count). The summed E-state index contributed by atoms with van der Waals surface area (Å²) in [5.41, 5.74) is 2.12. The zero-order valence-corrected chi connectivity index (χ0v) is 17.1. The van der Waals surface area contributed by atoms with E-state index in [1.807, 2.05) is 55.8 Å². The van der Waals surface area contributed by atoms with Crippen LogP contribution in [-0.4, -0.2) is 28.8 Å². The van der Waals surface area contributed by atoms with E-state index in [-0.39, 0.29) is 18.3 Å². The fourth-order valence-corrected chi connectivity index (χ4v) is 2.95. The van der Waals surface area contributed by atoms with Crippen LogP contribution in [0, 0.1) is 13.8 Å². The molecule has 1 aromatic carbocycles. The van der Waals surface area contributed by atoms with Gasteiger partial charge >= 0.3 is 0 Å². The Morgan fingerprint density at radius 2 is 1.83 bits per heavy atom. The molecule has 29 heavy (non-hydrogen) atoms. The van der Waals surface area contributed by atoms with Gasteiger partial charge in [-0.3, -0.25) is 9.48 Å². The van der Waals surface area contributed by atoms with E-state index in [0.717, 1.165) is 30.1 Å². The molecule has 0 radical (unpaired) electrons. The summed E-state index contributed by atoms with van der Waals surface area (Å²) < 4.78 is 18.6. The lowest BCUT2D eigenvalue weighted by Gasteiger charge is -2.07. The number of hydrogen-bond donors (Lipinski definition) is 1. The second-order valence-electron chi connectivity index (χ2n) is 6.72. The fourth-order valence-electron chi connectivity index (χ4n) is 2.95. The number of nitrogens with one attached hydrogen (secondary N) is 1. The highest BCUT2D eigenvalue weighted by atomic mass is 16.5. The second-order valence-corrected chi connectivity index (χ2v) is 6.72. The van der Waals surface area contributed by atoms with E-state index in [1.165, 1.54) is 0 Å². The van der Waals surface area contributed by atoms with Crippen LogP contribution in [0.4, 0.5) is 0 Å². The zero-order chi connectivity index (χ0) is 20.6. The molecule has 0 saturated carbocycles. The number of carbonyl (C=O) groups excluding carboxylic acids is 1. The Bertz CT molecular complexity index is 928. The van der Waals surface area contributed by atoms with Crippen LogP contribution in [0.5, 0.6) is 11.5 Å². The van der Waals surface area contributed by atoms with E-state index in [9.17, 15) is 4.79 Å². The predicted molar refractivity (Wildman–Crippen MR) is 109 cm³/mol. The lowest BCUT2D eigenvalue weighted by atomic mass is 10.3. The van der Waals surface area contributed by atoms with Gasteiger partial charge in [0.2, 0.25) is 0 Å². The molecule has 7 heteroatoms. The van der Waals surface area contributed by atoms with Crippen LogP contribution in [0.2, 0.25) is 0 Å². The van der Waals surface area contributed by atoms with Crippen LogP contribution >= 0.6 is 0 Å². The smallest absolute Gasteiger partial charge is 0.286 e. The Hall–Kier alpha value is -3.22. The molecular weight excluding hydrogens is 370 g/mol. The number of carbonyl (C=O) groups is 1. The van der Waals surface area contributed by atoms with Gasteiger partial charge in [0.05, 0.1) is 12.3 Å². The summed E-state index contributed by atoms with van der Waals surface area (Å²) >= 11 is 0. The molecule has 0 spiro atoms. The van der Waals surface area contributed by atoms with Crippen molar-refractivity contribution in [2.75, 3.05) is 13.2 Å². The largest absolute Gasteiger partial charge is 0.494 e. The highest BCUT2D eigenvalue weighted by molar-refractivity contribution is 5.91. The minimum Gasteiger partial charge on any atom is -0.494 e. The van der Waals surface area contributed by atoms with Gasteiger partial charge in [-0.2, -0.15) is 5.10 Å². The molecular formula is C22H27N3O4. The van der Waals surface area contributed by atoms with Crippen LogP contribution < -0.4 is 14.8 Å². The molecule has 0 unspecified atom stereocenters. The molecule has 2 aromatic heterocycles. The molecule has 0 aliphatic rings. The molecule has 0 aliphatic heterocycles. The molecule has 3 aromatic rings. The molecule has 154 valence electrons. The third kappa shape index (κ3) is 5.88. The predicted octanol–water partition coefficient (Wildman–Crippen LogP) is 3.89. The minimum atomic E-state index is -0.231. The van der Waals surface area contributed by atoms with E-state index in [0.29, 0.717) is 24.7 Å². The number of rotatable bonds is 10. The van der Waals surface area contributed by atoms with Crippen LogP contribution in [0.1, 0.15) is 41.0 Å². The van der Waals surface area contributed by atoms with Crippen LogP contribution in [0.15, 0.2) is 46.9 Å². The molecule has 0 saturated heterocycles. The van der Waals surface area contributed by atoms with Crippen molar-refractivity contribution in [3.63, 3.8) is 0 Å². The maximum absolute atomic E-state index is 12.2. The van der Waals surface area contributed by atoms with Crippen molar-refractivity contribution in [2.24, 2.45) is 0 Å². The maximum atomic E-state index is 12.2. The van der Waals surface area contributed by atoms with Crippen LogP contribution in [0.25, 0.3) is 0 Å². The number of benzene rings is 1. The van der Waals surface area contributed by atoms with E-state index in [2.05, 4.69) is 10.4 Å². The summed E-state index contributed by atoms with van der Waals surface area (Å²) in [7, 11) is 0. The maximum Gasteiger partial charge on any atom is 0.286 e. The van der Waals surface area contributed by atoms with Crippen molar-refractivity contribution < 1.29 is 18.7 Å². The normalized spacial score (nSPS) is 10.7. The first-order valence-corrected chi connectivity index (χ1v) is 9.79. The van der Waals surface area contributed by atoms with E-state index < -0.39 is 0 Å². The number of hydrogen-bond acceptors (Lipinski definition) is 5. The van der Waals surface area contributed by atoms with Gasteiger partial charge in [-0.25, -0.2) is 0 Å². The van der Waals surface area contributed by atoms with Crippen molar-refractivity contribution in [1.82, 2.24) is 15.1 Å². The van der Waals surface area contributed by atoms with Gasteiger partial charge in [0, 0.05) is 18.8 Å². The first-order chi connectivity index (χ1) is 14.0. The Balaban J connectivity index is 1.41. The average Bonchev–Trinajstić information content (AvgIpc) is 3.31. The standard InChI is InChI=1S/C22H27N3O4/c1-4-27-18-6-8-19(9-7-18)28-15-20-10-11-21(29-20)22(26)23-12-5-13-25-17(3)14-16(2)24-25/h6-11,14H,4-5,12-13,15H2,1-3H3,(H,23,26). The molecule has 7 nitrogen and oxygen atoms in total. The van der Waals surface area contributed by atoms with Crippen molar-refractivity contribution >= 4 is 5.91 Å². The third-order valence-corrected chi connectivity index (χ3v) is 4.34. The quantitative estimate of drug-likeness (QED) is 0.525. The Morgan fingerprint density at radius 3 is 2.48 bits per heavy atom. The number of amides is 1. The fraction of sp³-hybridized carbons (Fsp3) is 0.364. The molecule has 2 heterocycles. The summed E-state index contributed by atoms with van der Waals surface area (Å²) in [6.07, 6.45) is 0.794. The number of furan rings is 1. The summed E-state index contributed by atoms with van der Waals surface area (Å²) in [5.74, 6) is 2.15. The van der Waals surface area contributed by atoms with Gasteiger partial charge in [-0.05, 0) is 69.7 Å². The van der Waals surface area contributed by atoms with Gasteiger partial charge in [0.1, 0.15) is 23.9 Å². The third-order valence-electron chi connectivity index (χ3n) is 4.34. The number of aryl methyl sites for hydroxylation is 3. The van der Waals surface area contributed by atoms with Crippen molar-refractivity contribution in [2.45, 2.75) is 40.3 Å². The lowest BCUT2D eigenvalue weighted by Crippen LogP contribution is -2.25. The van der Waals surface area contributed by atoms with Crippen LogP contribution in [0.3, 0.4) is 0 Å². The molecule has 0 aliphatic carbocycles. The molecule has 0 atom stereocenters. The Morgan fingerprint density at radius 1 is 1.10 bits per heavy atom. The van der Waals surface area contributed by atoms with E-state index in [1.54, 1.807) is 12.1 Å². The van der Waals surface area contributed by atoms with E-state index in [4.69, 9.17) is 13.9 Å². The summed E-state index contributed by atoms with van der Waals surface area (Å²) in [5, 5.41) is 7.28. The number of aromatic nitrogens is 2. The van der Waals surface area contributed by atoms with Gasteiger partial charge in [-0.1, -0.05) is 0 Å². The van der Waals surface area contributed by atoms with Crippen LogP contribution in [-0.2, 0) is 13.2 Å². The minimum absolute atomic E-state index is 0.231. The van der Waals surface area contributed by atoms with Crippen molar-refractivity contribution in [3.05, 3.63) is 65.4 Å². The SMILES string of the molecule is CCOc1ccc(OCc2ccc(C(=O)NCCCn3nc(C)cc3C)o2)cc1. The van der Waals surface area contributed by atoms with E-state index >= 15 is 0 Å². The highest BCUT2D eigenvalue weighted by Gasteiger charge is 2.11. The Labute approximate surface area is 170 Å². The van der Waals surface area contributed by atoms with Gasteiger partial charge in [0.25, 0.3) is 5.91 Å². The highest BCUT2D eigenvalue weighted by Crippen LogP contribution is 2.19. The monoisotopic (exact) mass is 397 g/mol. The second kappa shape index (κ2) is 9.82. The van der Waals surface area contributed by atoms with Gasteiger partial charge < -0.3 is 19.2 Å². The summed E-state index contributed by atoms with van der Waals surface area (Å²) in [4.78, 5) is 12.2. The van der Waals surface area contributed by atoms with Gasteiger partial charge in [-0.15, -0.1) is 0 Å². The molecule has 1 amide bonds. The first-order valence-electron chi connectivity index (χ1n) is 9.79. The van der Waals surface area contributed by atoms with Crippen molar-refractivity contribution in [3.8, 4) is 11.5 Å². The molecule has 1 N–H and O–H groups in total. The number of nitrogens with zero attached hydrogens (tertiary/aromatic N) is 2. The number of ether oxygens (including phenoxy) is 2. The summed E-state index contributed by atoms with van der Waals surface area (Å²) in [6, 6.07) is 12.8. The topological polar surface area (TPSA) is 78.5 Å². The molecule has 0 fully saturated rings. The van der Waals surface area contributed by atoms with Crippen molar-refractivity contribution in [1.29, 1.82) is 0 Å². The van der Waals surface area contributed by atoms with Gasteiger partial charge in [0.15, 0.2) is 5.76 Å². The molecule has 0 bridgehead atoms. The lowest BCUT2D eigenvalue weighted by molar-refractivity contribution is 0.0920.